The van der Waals surface area contributed by atoms with Gasteiger partial charge in [0.1, 0.15) is 0 Å². The van der Waals surface area contributed by atoms with Crippen LogP contribution in [0.1, 0.15) is 39.0 Å². The van der Waals surface area contributed by atoms with E-state index >= 15 is 0 Å². The molecular weight excluding hydrogens is 174 g/mol. The Hall–Kier alpha value is -0.220. The van der Waals surface area contributed by atoms with Crippen LogP contribution in [0, 0.1) is 5.92 Å². The molecule has 0 spiro atoms. The second-order valence-corrected chi connectivity index (χ2v) is 4.01. The third-order valence-corrected chi connectivity index (χ3v) is 2.83. The third-order valence-electron chi connectivity index (χ3n) is 2.83. The van der Waals surface area contributed by atoms with Crippen LogP contribution in [-0.2, 0) is 0 Å². The molecule has 1 saturated carbocycles. The molecule has 1 fully saturated rings. The largest absolute Gasteiger partial charge is 0.271 e. The molecule has 0 amide bonds. The molecule has 2 unspecified atom stereocenters. The maximum Gasteiger partial charge on any atom is 0.251 e. The number of hydrazine groups is 1. The van der Waals surface area contributed by atoms with Crippen LogP contribution in [0.15, 0.2) is 0 Å². The molecule has 2 atom stereocenters. The van der Waals surface area contributed by atoms with Crippen LogP contribution < -0.4 is 11.3 Å². The first-order chi connectivity index (χ1) is 6.06. The van der Waals surface area contributed by atoms with E-state index in [1.807, 2.05) is 6.92 Å². The van der Waals surface area contributed by atoms with Gasteiger partial charge in [-0.15, -0.1) is 0 Å². The normalized spacial score (nSPS) is 30.0. The van der Waals surface area contributed by atoms with Crippen LogP contribution in [0.25, 0.3) is 0 Å². The van der Waals surface area contributed by atoms with Crippen LogP contribution in [0.2, 0.25) is 0 Å². The van der Waals surface area contributed by atoms with Crippen molar-refractivity contribution in [3.05, 3.63) is 0 Å². The molecule has 0 saturated heterocycles. The molecule has 0 aliphatic heterocycles. The maximum atomic E-state index is 13.3. The zero-order valence-corrected chi connectivity index (χ0v) is 8.02. The summed E-state index contributed by atoms with van der Waals surface area (Å²) in [6.45, 7) is 1.84. The smallest absolute Gasteiger partial charge is 0.251 e. The lowest BCUT2D eigenvalue weighted by atomic mass is 9.82. The molecular formula is C9H18F2N2. The molecule has 0 bridgehead atoms. The summed E-state index contributed by atoms with van der Waals surface area (Å²) in [5.74, 6) is 2.23. The predicted octanol–water partition coefficient (Wildman–Crippen LogP) is 2.05. The summed E-state index contributed by atoms with van der Waals surface area (Å²) >= 11 is 0. The van der Waals surface area contributed by atoms with Crippen molar-refractivity contribution in [2.45, 2.75) is 51.0 Å². The number of rotatable bonds is 3. The van der Waals surface area contributed by atoms with Crippen molar-refractivity contribution in [3.63, 3.8) is 0 Å². The lowest BCUT2D eigenvalue weighted by Crippen LogP contribution is -2.40. The van der Waals surface area contributed by atoms with Gasteiger partial charge in [-0.1, -0.05) is 6.42 Å². The molecule has 3 N–H and O–H groups in total. The third kappa shape index (κ3) is 2.88. The number of hydrogen-bond donors (Lipinski definition) is 2. The molecule has 0 radical (unpaired) electrons. The van der Waals surface area contributed by atoms with Crippen molar-refractivity contribution < 1.29 is 8.78 Å². The molecule has 0 aromatic heterocycles. The van der Waals surface area contributed by atoms with Gasteiger partial charge in [0.15, 0.2) is 0 Å². The lowest BCUT2D eigenvalue weighted by Gasteiger charge is -2.32. The second kappa shape index (κ2) is 4.33. The van der Waals surface area contributed by atoms with Crippen LogP contribution in [0.5, 0.6) is 0 Å². The summed E-state index contributed by atoms with van der Waals surface area (Å²) in [6.07, 6.45) is 2.75. The Morgan fingerprint density at radius 2 is 2.23 bits per heavy atom. The second-order valence-electron chi connectivity index (χ2n) is 4.01. The van der Waals surface area contributed by atoms with Crippen molar-refractivity contribution in [3.8, 4) is 0 Å². The van der Waals surface area contributed by atoms with Gasteiger partial charge < -0.3 is 0 Å². The number of halogens is 2. The Morgan fingerprint density at radius 1 is 1.54 bits per heavy atom. The molecule has 78 valence electrons. The minimum Gasteiger partial charge on any atom is -0.271 e. The number of alkyl halides is 2. The number of hydrogen-bond acceptors (Lipinski definition) is 2. The van der Waals surface area contributed by atoms with E-state index in [2.05, 4.69) is 5.43 Å². The SMILES string of the molecule is CC(CC1CCCCC1(F)F)NN. The summed E-state index contributed by atoms with van der Waals surface area (Å²) < 4.78 is 26.6. The first kappa shape index (κ1) is 10.9. The Labute approximate surface area is 77.8 Å². The van der Waals surface area contributed by atoms with Gasteiger partial charge in [-0.25, -0.2) is 8.78 Å². The fourth-order valence-electron chi connectivity index (χ4n) is 1.95. The van der Waals surface area contributed by atoms with Gasteiger partial charge in [0.05, 0.1) is 0 Å². The van der Waals surface area contributed by atoms with E-state index < -0.39 is 11.8 Å². The van der Waals surface area contributed by atoms with Gasteiger partial charge in [0.2, 0.25) is 0 Å². The van der Waals surface area contributed by atoms with Crippen molar-refractivity contribution >= 4 is 0 Å². The highest BCUT2D eigenvalue weighted by Crippen LogP contribution is 2.40. The van der Waals surface area contributed by atoms with E-state index in [9.17, 15) is 8.78 Å². The lowest BCUT2D eigenvalue weighted by molar-refractivity contribution is -0.0904. The molecule has 1 rings (SSSR count). The van der Waals surface area contributed by atoms with Crippen molar-refractivity contribution in [2.75, 3.05) is 0 Å². The first-order valence-corrected chi connectivity index (χ1v) is 4.90. The first-order valence-electron chi connectivity index (χ1n) is 4.90. The molecule has 1 aliphatic carbocycles. The van der Waals surface area contributed by atoms with Crippen molar-refractivity contribution in [2.24, 2.45) is 11.8 Å². The Kier molecular flexibility index (Phi) is 3.62. The van der Waals surface area contributed by atoms with E-state index in [4.69, 9.17) is 5.84 Å². The van der Waals surface area contributed by atoms with E-state index in [1.54, 1.807) is 0 Å². The van der Waals surface area contributed by atoms with Gasteiger partial charge >= 0.3 is 0 Å². The highest BCUT2D eigenvalue weighted by Gasteiger charge is 2.41. The van der Waals surface area contributed by atoms with Crippen molar-refractivity contribution in [1.82, 2.24) is 5.43 Å². The molecule has 0 aromatic carbocycles. The van der Waals surface area contributed by atoms with Crippen molar-refractivity contribution in [1.29, 1.82) is 0 Å². The topological polar surface area (TPSA) is 38.0 Å². The number of nitrogens with one attached hydrogen (secondary N) is 1. The minimum absolute atomic E-state index is 0.0195. The van der Waals surface area contributed by atoms with E-state index in [0.717, 1.165) is 6.42 Å². The van der Waals surface area contributed by atoms with Crippen LogP contribution in [0.3, 0.4) is 0 Å². The van der Waals surface area contributed by atoms with Gasteiger partial charge in [-0.2, -0.15) is 0 Å². The zero-order chi connectivity index (χ0) is 9.90. The molecule has 1 aliphatic rings. The Morgan fingerprint density at radius 3 is 2.77 bits per heavy atom. The summed E-state index contributed by atoms with van der Waals surface area (Å²) in [7, 11) is 0. The minimum atomic E-state index is -2.47. The zero-order valence-electron chi connectivity index (χ0n) is 8.02. The Bertz CT molecular complexity index is 162. The fraction of sp³-hybridized carbons (Fsp3) is 1.00. The van der Waals surface area contributed by atoms with Crippen LogP contribution in [0.4, 0.5) is 8.78 Å². The Balaban J connectivity index is 2.46. The summed E-state index contributed by atoms with van der Waals surface area (Å²) in [4.78, 5) is 0. The van der Waals surface area contributed by atoms with Crippen LogP contribution in [-0.4, -0.2) is 12.0 Å². The van der Waals surface area contributed by atoms with Gasteiger partial charge in [0.25, 0.3) is 5.92 Å². The highest BCUT2D eigenvalue weighted by atomic mass is 19.3. The van der Waals surface area contributed by atoms with E-state index in [0.29, 0.717) is 19.3 Å². The average Bonchev–Trinajstić information content (AvgIpc) is 2.08. The van der Waals surface area contributed by atoms with Gasteiger partial charge in [-0.05, 0) is 26.2 Å². The summed E-state index contributed by atoms with van der Waals surface area (Å²) in [6, 6.07) is -0.0195. The standard InChI is InChI=1S/C9H18F2N2/c1-7(13-12)6-8-4-2-3-5-9(8,10)11/h7-8,13H,2-6,12H2,1H3. The van der Waals surface area contributed by atoms with E-state index in [1.165, 1.54) is 0 Å². The van der Waals surface area contributed by atoms with Gasteiger partial charge in [-0.3, -0.25) is 11.3 Å². The molecule has 2 nitrogen and oxygen atoms in total. The maximum absolute atomic E-state index is 13.3. The summed E-state index contributed by atoms with van der Waals surface area (Å²) in [5.41, 5.74) is 2.52. The summed E-state index contributed by atoms with van der Waals surface area (Å²) in [5, 5.41) is 0. The van der Waals surface area contributed by atoms with E-state index in [-0.39, 0.29) is 12.5 Å². The average molecular weight is 192 g/mol. The number of nitrogens with two attached hydrogens (primary N) is 1. The molecule has 4 heteroatoms. The van der Waals surface area contributed by atoms with Gasteiger partial charge in [0, 0.05) is 18.4 Å². The quantitative estimate of drug-likeness (QED) is 0.530. The predicted molar refractivity (Wildman–Crippen MR) is 48.3 cm³/mol. The van der Waals surface area contributed by atoms with Crippen LogP contribution >= 0.6 is 0 Å². The molecule has 0 heterocycles. The monoisotopic (exact) mass is 192 g/mol. The fourth-order valence-corrected chi connectivity index (χ4v) is 1.95. The molecule has 0 aromatic rings. The highest BCUT2D eigenvalue weighted by molar-refractivity contribution is 4.83. The molecule has 13 heavy (non-hydrogen) atoms.